The lowest BCUT2D eigenvalue weighted by Crippen LogP contribution is -1.96. The predicted molar refractivity (Wildman–Crippen MR) is 66.7 cm³/mol. The van der Waals surface area contributed by atoms with E-state index in [0.29, 0.717) is 12.2 Å². The molecule has 4 heteroatoms. The van der Waals surface area contributed by atoms with Crippen LogP contribution < -0.4 is 11.5 Å². The Bertz CT molecular complexity index is 519. The predicted octanol–water partition coefficient (Wildman–Crippen LogP) is 1.57. The molecule has 4 nitrogen and oxygen atoms in total. The molecule has 2 aromatic rings. The fourth-order valence-electron chi connectivity index (χ4n) is 1.55. The molecule has 0 aliphatic carbocycles. The van der Waals surface area contributed by atoms with E-state index in [4.69, 9.17) is 11.5 Å². The lowest BCUT2D eigenvalue weighted by molar-refractivity contribution is 1.01. The van der Waals surface area contributed by atoms with Crippen LogP contribution in [-0.2, 0) is 0 Å². The van der Waals surface area contributed by atoms with Crippen molar-refractivity contribution in [1.29, 1.82) is 0 Å². The molecular weight excluding hydrogens is 200 g/mol. The molecule has 0 aliphatic rings. The number of benzene rings is 1. The number of nitrogen functional groups attached to an aromatic ring is 1. The molecule has 4 N–H and O–H groups in total. The van der Waals surface area contributed by atoms with E-state index in [1.54, 1.807) is 12.4 Å². The summed E-state index contributed by atoms with van der Waals surface area (Å²) in [6.07, 6.45) is 8.13. The van der Waals surface area contributed by atoms with Crippen molar-refractivity contribution in [3.05, 3.63) is 36.2 Å². The van der Waals surface area contributed by atoms with Gasteiger partial charge in [-0.3, -0.25) is 9.97 Å². The van der Waals surface area contributed by atoms with Crippen molar-refractivity contribution in [2.75, 3.05) is 12.3 Å². The molecular formula is C12H14N4. The molecule has 0 radical (unpaired) electrons. The first-order chi connectivity index (χ1) is 7.83. The molecule has 0 aliphatic heterocycles. The summed E-state index contributed by atoms with van der Waals surface area (Å²) in [5.41, 5.74) is 14.7. The van der Waals surface area contributed by atoms with Gasteiger partial charge in [-0.2, -0.15) is 0 Å². The van der Waals surface area contributed by atoms with Crippen molar-refractivity contribution >= 4 is 22.8 Å². The van der Waals surface area contributed by atoms with Crippen LogP contribution >= 0.6 is 0 Å². The number of rotatable bonds is 3. The summed E-state index contributed by atoms with van der Waals surface area (Å²) in [5, 5.41) is 0. The maximum Gasteiger partial charge on any atom is 0.0979 e. The van der Waals surface area contributed by atoms with Crippen LogP contribution in [-0.4, -0.2) is 16.5 Å². The van der Waals surface area contributed by atoms with Crippen molar-refractivity contribution in [1.82, 2.24) is 9.97 Å². The zero-order valence-electron chi connectivity index (χ0n) is 8.93. The second-order valence-corrected chi connectivity index (χ2v) is 3.47. The van der Waals surface area contributed by atoms with Gasteiger partial charge in [0.1, 0.15) is 0 Å². The van der Waals surface area contributed by atoms with Crippen LogP contribution in [0.1, 0.15) is 12.0 Å². The molecule has 82 valence electrons. The highest BCUT2D eigenvalue weighted by Gasteiger charge is 2.03. The zero-order valence-corrected chi connectivity index (χ0v) is 8.93. The van der Waals surface area contributed by atoms with Gasteiger partial charge in [0, 0.05) is 23.6 Å². The first-order valence-corrected chi connectivity index (χ1v) is 5.18. The van der Waals surface area contributed by atoms with E-state index in [1.807, 2.05) is 24.3 Å². The highest BCUT2D eigenvalue weighted by Crippen LogP contribution is 2.22. The minimum atomic E-state index is 0.632. The van der Waals surface area contributed by atoms with E-state index in [0.717, 1.165) is 23.0 Å². The molecule has 0 fully saturated rings. The summed E-state index contributed by atoms with van der Waals surface area (Å²) in [5.74, 6) is 0. The third kappa shape index (κ3) is 2.01. The third-order valence-corrected chi connectivity index (χ3v) is 2.33. The Hall–Kier alpha value is -1.94. The van der Waals surface area contributed by atoms with Crippen LogP contribution in [0.5, 0.6) is 0 Å². The number of fused-ring (bicyclic) bond motifs is 1. The minimum absolute atomic E-state index is 0.632. The standard InChI is InChI=1S/C12H14N4/c13-6-2-1-3-9-10(14)4-5-11-12(9)16-8-7-15-11/h1,3-5,7-8H,2,6,13-14H2. The van der Waals surface area contributed by atoms with Gasteiger partial charge in [-0.25, -0.2) is 0 Å². The van der Waals surface area contributed by atoms with Gasteiger partial charge in [-0.15, -0.1) is 0 Å². The third-order valence-electron chi connectivity index (χ3n) is 2.33. The summed E-state index contributed by atoms with van der Waals surface area (Å²) < 4.78 is 0. The number of nitrogens with zero attached hydrogens (tertiary/aromatic N) is 2. The molecule has 0 atom stereocenters. The zero-order chi connectivity index (χ0) is 11.4. The molecule has 1 aromatic carbocycles. The highest BCUT2D eigenvalue weighted by atomic mass is 14.8. The molecule has 1 heterocycles. The van der Waals surface area contributed by atoms with Crippen LogP contribution in [0.15, 0.2) is 30.6 Å². The van der Waals surface area contributed by atoms with Crippen LogP contribution in [0.4, 0.5) is 5.69 Å². The second kappa shape index (κ2) is 4.72. The largest absolute Gasteiger partial charge is 0.398 e. The summed E-state index contributed by atoms with van der Waals surface area (Å²) in [6.45, 7) is 0.632. The summed E-state index contributed by atoms with van der Waals surface area (Å²) in [4.78, 5) is 8.53. The Labute approximate surface area is 94.0 Å². The number of nitrogens with two attached hydrogens (primary N) is 2. The maximum absolute atomic E-state index is 5.92. The molecule has 0 amide bonds. The second-order valence-electron chi connectivity index (χ2n) is 3.47. The molecule has 0 saturated heterocycles. The van der Waals surface area contributed by atoms with Crippen molar-refractivity contribution in [2.24, 2.45) is 5.73 Å². The van der Waals surface area contributed by atoms with Gasteiger partial charge in [0.15, 0.2) is 0 Å². The Morgan fingerprint density at radius 2 is 2.00 bits per heavy atom. The summed E-state index contributed by atoms with van der Waals surface area (Å²) >= 11 is 0. The summed E-state index contributed by atoms with van der Waals surface area (Å²) in [6, 6.07) is 3.72. The van der Waals surface area contributed by atoms with Gasteiger partial charge in [0.25, 0.3) is 0 Å². The van der Waals surface area contributed by atoms with Crippen LogP contribution in [0.2, 0.25) is 0 Å². The first-order valence-electron chi connectivity index (χ1n) is 5.18. The van der Waals surface area contributed by atoms with E-state index >= 15 is 0 Å². The van der Waals surface area contributed by atoms with Gasteiger partial charge in [-0.05, 0) is 25.1 Å². The number of aromatic nitrogens is 2. The van der Waals surface area contributed by atoms with E-state index in [1.165, 1.54) is 0 Å². The molecule has 0 saturated carbocycles. The Morgan fingerprint density at radius 3 is 2.81 bits per heavy atom. The highest BCUT2D eigenvalue weighted by molar-refractivity contribution is 5.89. The summed E-state index contributed by atoms with van der Waals surface area (Å²) in [7, 11) is 0. The fourth-order valence-corrected chi connectivity index (χ4v) is 1.55. The quantitative estimate of drug-likeness (QED) is 0.760. The Morgan fingerprint density at radius 1 is 1.19 bits per heavy atom. The minimum Gasteiger partial charge on any atom is -0.398 e. The molecule has 0 spiro atoms. The average Bonchev–Trinajstić information content (AvgIpc) is 2.32. The number of hydrogen-bond acceptors (Lipinski definition) is 4. The smallest absolute Gasteiger partial charge is 0.0979 e. The van der Waals surface area contributed by atoms with E-state index in [2.05, 4.69) is 9.97 Å². The lowest BCUT2D eigenvalue weighted by atomic mass is 10.1. The van der Waals surface area contributed by atoms with Crippen LogP contribution in [0, 0.1) is 0 Å². The maximum atomic E-state index is 5.92. The Kier molecular flexibility index (Phi) is 3.12. The van der Waals surface area contributed by atoms with Crippen LogP contribution in [0.3, 0.4) is 0 Å². The SMILES string of the molecule is NCCC=Cc1c(N)ccc2nccnc12. The van der Waals surface area contributed by atoms with Crippen LogP contribution in [0.25, 0.3) is 17.1 Å². The first kappa shape index (κ1) is 10.6. The number of anilines is 1. The van der Waals surface area contributed by atoms with Gasteiger partial charge < -0.3 is 11.5 Å². The monoisotopic (exact) mass is 214 g/mol. The van der Waals surface area contributed by atoms with Crippen molar-refractivity contribution < 1.29 is 0 Å². The molecule has 1 aromatic heterocycles. The topological polar surface area (TPSA) is 77.8 Å². The molecule has 2 rings (SSSR count). The lowest BCUT2D eigenvalue weighted by Gasteiger charge is -2.04. The van der Waals surface area contributed by atoms with Crippen molar-refractivity contribution in [3.63, 3.8) is 0 Å². The fraction of sp³-hybridized carbons (Fsp3) is 0.167. The van der Waals surface area contributed by atoms with Crippen molar-refractivity contribution in [3.8, 4) is 0 Å². The molecule has 0 bridgehead atoms. The van der Waals surface area contributed by atoms with E-state index in [-0.39, 0.29) is 0 Å². The normalized spacial score (nSPS) is 11.3. The van der Waals surface area contributed by atoms with Gasteiger partial charge in [-0.1, -0.05) is 12.2 Å². The van der Waals surface area contributed by atoms with E-state index in [9.17, 15) is 0 Å². The Balaban J connectivity index is 2.52. The molecule has 0 unspecified atom stereocenters. The molecule has 16 heavy (non-hydrogen) atoms. The van der Waals surface area contributed by atoms with Gasteiger partial charge in [0.2, 0.25) is 0 Å². The van der Waals surface area contributed by atoms with Gasteiger partial charge >= 0.3 is 0 Å². The van der Waals surface area contributed by atoms with E-state index < -0.39 is 0 Å². The average molecular weight is 214 g/mol. The van der Waals surface area contributed by atoms with Gasteiger partial charge in [0.05, 0.1) is 11.0 Å². The number of hydrogen-bond donors (Lipinski definition) is 2. The van der Waals surface area contributed by atoms with Crippen molar-refractivity contribution in [2.45, 2.75) is 6.42 Å².